The molecule has 5 nitrogen and oxygen atoms in total. The van der Waals surface area contributed by atoms with Gasteiger partial charge in [0.05, 0.1) is 0 Å². The van der Waals surface area contributed by atoms with Crippen molar-refractivity contribution in [1.29, 1.82) is 0 Å². The Kier molecular flexibility index (Phi) is 6.81. The minimum Gasteiger partial charge on any atom is -0.478 e. The van der Waals surface area contributed by atoms with E-state index in [1.54, 1.807) is 0 Å². The number of ether oxygens (including phenoxy) is 1. The molecule has 0 fully saturated rings. The summed E-state index contributed by atoms with van der Waals surface area (Å²) in [5.74, 6) is -2.17. The molecule has 106 valence electrons. The van der Waals surface area contributed by atoms with Gasteiger partial charge < -0.3 is 15.2 Å². The normalized spacial score (nSPS) is 10.4. The summed E-state index contributed by atoms with van der Waals surface area (Å²) in [5.41, 5.74) is -0.378. The number of carbonyl (C=O) groups is 1. The summed E-state index contributed by atoms with van der Waals surface area (Å²) in [7, 11) is 0. The summed E-state index contributed by atoms with van der Waals surface area (Å²) in [4.78, 5) is 14.5. The van der Waals surface area contributed by atoms with E-state index in [2.05, 4.69) is 17.2 Å². The fourth-order valence-electron chi connectivity index (χ4n) is 1.46. The van der Waals surface area contributed by atoms with Crippen molar-refractivity contribution in [2.45, 2.75) is 26.2 Å². The molecule has 1 aromatic heterocycles. The number of hydrogen-bond acceptors (Lipinski definition) is 4. The monoisotopic (exact) mass is 270 g/mol. The first-order valence-electron chi connectivity index (χ1n) is 6.36. The van der Waals surface area contributed by atoms with Gasteiger partial charge in [0, 0.05) is 26.0 Å². The summed E-state index contributed by atoms with van der Waals surface area (Å²) in [6.07, 6.45) is 4.11. The predicted octanol–water partition coefficient (Wildman–Crippen LogP) is 2.54. The second-order valence-corrected chi connectivity index (χ2v) is 4.07. The number of nitrogens with zero attached hydrogens (tertiary/aromatic N) is 1. The number of pyridine rings is 1. The second kappa shape index (κ2) is 8.42. The first kappa shape index (κ1) is 15.4. The molecule has 6 heteroatoms. The maximum atomic E-state index is 13.7. The van der Waals surface area contributed by atoms with E-state index in [-0.39, 0.29) is 11.4 Å². The minimum absolute atomic E-state index is 0.0338. The highest BCUT2D eigenvalue weighted by Crippen LogP contribution is 2.14. The van der Waals surface area contributed by atoms with E-state index in [0.717, 1.165) is 25.5 Å². The highest BCUT2D eigenvalue weighted by molar-refractivity contribution is 5.88. The topological polar surface area (TPSA) is 71.5 Å². The van der Waals surface area contributed by atoms with E-state index in [0.29, 0.717) is 19.6 Å². The van der Waals surface area contributed by atoms with Crippen molar-refractivity contribution in [3.63, 3.8) is 0 Å². The van der Waals surface area contributed by atoms with Crippen molar-refractivity contribution in [2.24, 2.45) is 0 Å². The summed E-state index contributed by atoms with van der Waals surface area (Å²) in [5, 5.41) is 11.5. The van der Waals surface area contributed by atoms with Crippen molar-refractivity contribution >= 4 is 11.8 Å². The molecule has 0 amide bonds. The van der Waals surface area contributed by atoms with Crippen LogP contribution in [0, 0.1) is 5.82 Å². The minimum atomic E-state index is -1.30. The third-order valence-corrected chi connectivity index (χ3v) is 2.52. The Morgan fingerprint density at radius 2 is 2.21 bits per heavy atom. The molecule has 2 N–H and O–H groups in total. The lowest BCUT2D eigenvalue weighted by atomic mass is 10.2. The zero-order valence-corrected chi connectivity index (χ0v) is 11.0. The zero-order valence-electron chi connectivity index (χ0n) is 11.0. The molecule has 0 saturated carbocycles. The smallest absolute Gasteiger partial charge is 0.338 e. The quantitative estimate of drug-likeness (QED) is 0.675. The lowest BCUT2D eigenvalue weighted by Gasteiger charge is -2.08. The van der Waals surface area contributed by atoms with Gasteiger partial charge >= 0.3 is 5.97 Å². The molecule has 0 bridgehead atoms. The molecule has 1 heterocycles. The molecule has 0 aromatic carbocycles. The van der Waals surface area contributed by atoms with Crippen LogP contribution in [0.3, 0.4) is 0 Å². The van der Waals surface area contributed by atoms with Crippen LogP contribution in [0.4, 0.5) is 10.2 Å². The molecular weight excluding hydrogens is 251 g/mol. The average molecular weight is 270 g/mol. The van der Waals surface area contributed by atoms with Gasteiger partial charge in [0.25, 0.3) is 0 Å². The highest BCUT2D eigenvalue weighted by Gasteiger charge is 2.14. The van der Waals surface area contributed by atoms with Crippen molar-refractivity contribution in [2.75, 3.05) is 25.1 Å². The van der Waals surface area contributed by atoms with Gasteiger partial charge in [0.1, 0.15) is 5.56 Å². The number of hydrogen-bond donors (Lipinski definition) is 2. The lowest BCUT2D eigenvalue weighted by molar-refractivity contribution is 0.0692. The maximum absolute atomic E-state index is 13.7. The Morgan fingerprint density at radius 3 is 2.89 bits per heavy atom. The fraction of sp³-hybridized carbons (Fsp3) is 0.538. The van der Waals surface area contributed by atoms with E-state index in [4.69, 9.17) is 9.84 Å². The summed E-state index contributed by atoms with van der Waals surface area (Å²) in [6, 6.07) is 1.14. The molecule has 19 heavy (non-hydrogen) atoms. The molecule has 1 aromatic rings. The largest absolute Gasteiger partial charge is 0.478 e. The Balaban J connectivity index is 2.33. The highest BCUT2D eigenvalue weighted by atomic mass is 19.1. The number of halogens is 1. The number of nitrogens with one attached hydrogen (secondary N) is 1. The molecule has 0 atom stereocenters. The average Bonchev–Trinajstić information content (AvgIpc) is 2.39. The number of rotatable bonds is 9. The van der Waals surface area contributed by atoms with Gasteiger partial charge in [-0.25, -0.2) is 14.2 Å². The fourth-order valence-corrected chi connectivity index (χ4v) is 1.46. The molecular formula is C13H19FN2O3. The molecule has 0 aliphatic rings. The third-order valence-electron chi connectivity index (χ3n) is 2.52. The van der Waals surface area contributed by atoms with Crippen LogP contribution < -0.4 is 5.32 Å². The van der Waals surface area contributed by atoms with Crippen LogP contribution in [0.5, 0.6) is 0 Å². The number of aromatic carboxylic acids is 1. The number of unbranched alkanes of at least 4 members (excludes halogenated alkanes) is 1. The van der Waals surface area contributed by atoms with Gasteiger partial charge in [-0.05, 0) is 18.9 Å². The van der Waals surface area contributed by atoms with Gasteiger partial charge in [0.15, 0.2) is 11.6 Å². The second-order valence-electron chi connectivity index (χ2n) is 4.07. The first-order chi connectivity index (χ1) is 9.16. The van der Waals surface area contributed by atoms with Gasteiger partial charge in [0.2, 0.25) is 0 Å². The molecule has 0 spiro atoms. The standard InChI is InChI=1S/C13H19FN2O3/c1-2-3-8-19-9-4-6-15-12-11(14)10(13(17)18)5-7-16-12/h5,7H,2-4,6,8-9H2,1H3,(H,15,16)(H,17,18). The van der Waals surface area contributed by atoms with Crippen LogP contribution in [-0.2, 0) is 4.74 Å². The van der Waals surface area contributed by atoms with Gasteiger partial charge in [-0.1, -0.05) is 13.3 Å². The van der Waals surface area contributed by atoms with Crippen LogP contribution in [0.25, 0.3) is 0 Å². The van der Waals surface area contributed by atoms with E-state index in [1.807, 2.05) is 0 Å². The predicted molar refractivity (Wildman–Crippen MR) is 70.0 cm³/mol. The van der Waals surface area contributed by atoms with Gasteiger partial charge in [-0.2, -0.15) is 0 Å². The van der Waals surface area contributed by atoms with Crippen molar-refractivity contribution in [3.8, 4) is 0 Å². The zero-order chi connectivity index (χ0) is 14.1. The van der Waals surface area contributed by atoms with Crippen molar-refractivity contribution < 1.29 is 19.0 Å². The van der Waals surface area contributed by atoms with Crippen LogP contribution in [-0.4, -0.2) is 35.8 Å². The van der Waals surface area contributed by atoms with Gasteiger partial charge in [-0.15, -0.1) is 0 Å². The van der Waals surface area contributed by atoms with E-state index in [9.17, 15) is 9.18 Å². The Bertz CT molecular complexity index is 413. The number of anilines is 1. The van der Waals surface area contributed by atoms with Crippen molar-refractivity contribution in [1.82, 2.24) is 4.98 Å². The number of carboxylic acids is 1. The summed E-state index contributed by atoms with van der Waals surface area (Å²) < 4.78 is 19.0. The Labute approximate surface area is 111 Å². The molecule has 0 unspecified atom stereocenters. The van der Waals surface area contributed by atoms with Gasteiger partial charge in [-0.3, -0.25) is 0 Å². The van der Waals surface area contributed by atoms with Crippen LogP contribution >= 0.6 is 0 Å². The Hall–Kier alpha value is -1.69. The van der Waals surface area contributed by atoms with Crippen molar-refractivity contribution in [3.05, 3.63) is 23.6 Å². The number of aromatic nitrogens is 1. The molecule has 0 radical (unpaired) electrons. The van der Waals surface area contributed by atoms with Crippen LogP contribution in [0.15, 0.2) is 12.3 Å². The summed E-state index contributed by atoms with van der Waals surface area (Å²) >= 11 is 0. The third kappa shape index (κ3) is 5.21. The molecule has 0 saturated heterocycles. The van der Waals surface area contributed by atoms with E-state index < -0.39 is 11.8 Å². The summed E-state index contributed by atoms with van der Waals surface area (Å²) in [6.45, 7) is 3.90. The Morgan fingerprint density at radius 1 is 1.47 bits per heavy atom. The molecule has 0 aliphatic heterocycles. The number of carboxylic acid groups (broad SMARTS) is 1. The van der Waals surface area contributed by atoms with E-state index in [1.165, 1.54) is 6.20 Å². The van der Waals surface area contributed by atoms with Crippen LogP contribution in [0.2, 0.25) is 0 Å². The van der Waals surface area contributed by atoms with Crippen LogP contribution in [0.1, 0.15) is 36.5 Å². The van der Waals surface area contributed by atoms with E-state index >= 15 is 0 Å². The SMILES string of the molecule is CCCCOCCCNc1nccc(C(=O)O)c1F. The lowest BCUT2D eigenvalue weighted by Crippen LogP contribution is -2.11. The molecule has 1 rings (SSSR count). The maximum Gasteiger partial charge on any atom is 0.338 e. The first-order valence-corrected chi connectivity index (χ1v) is 6.36. The molecule has 0 aliphatic carbocycles.